The minimum Gasteiger partial charge on any atom is -0.506 e. The fourth-order valence-corrected chi connectivity index (χ4v) is 1.74. The summed E-state index contributed by atoms with van der Waals surface area (Å²) in [6.45, 7) is 2.04. The number of nitrogens with zero attached hydrogens (tertiary/aromatic N) is 1. The molecule has 1 aromatic heterocycles. The number of benzene rings is 1. The summed E-state index contributed by atoms with van der Waals surface area (Å²) in [6.07, 6.45) is 3.56. The van der Waals surface area contributed by atoms with E-state index >= 15 is 0 Å². The molecule has 0 aliphatic rings. The van der Waals surface area contributed by atoms with Crippen LogP contribution in [0.1, 0.15) is 18.5 Å². The van der Waals surface area contributed by atoms with Crippen molar-refractivity contribution in [2.24, 2.45) is 0 Å². The second kappa shape index (κ2) is 5.06. The van der Waals surface area contributed by atoms with Gasteiger partial charge < -0.3 is 10.4 Å². The number of anilines is 1. The number of halogens is 1. The highest BCUT2D eigenvalue weighted by Crippen LogP contribution is 2.28. The van der Waals surface area contributed by atoms with Gasteiger partial charge in [0.1, 0.15) is 5.75 Å². The molecule has 0 spiro atoms. The molecule has 2 N–H and O–H groups in total. The summed E-state index contributed by atoms with van der Waals surface area (Å²) in [6, 6.07) is 9.09. The molecule has 17 heavy (non-hydrogen) atoms. The van der Waals surface area contributed by atoms with Crippen LogP contribution in [0.5, 0.6) is 5.75 Å². The van der Waals surface area contributed by atoms with Crippen molar-refractivity contribution in [1.82, 2.24) is 4.98 Å². The van der Waals surface area contributed by atoms with E-state index in [0.29, 0.717) is 5.02 Å². The van der Waals surface area contributed by atoms with E-state index in [1.165, 1.54) is 0 Å². The van der Waals surface area contributed by atoms with Crippen molar-refractivity contribution >= 4 is 17.3 Å². The van der Waals surface area contributed by atoms with E-state index in [0.717, 1.165) is 11.3 Å². The van der Waals surface area contributed by atoms with Gasteiger partial charge in [-0.1, -0.05) is 17.7 Å². The molecule has 2 aromatic rings. The highest BCUT2D eigenvalue weighted by atomic mass is 35.5. The number of hydrogen-bond donors (Lipinski definition) is 2. The zero-order valence-electron chi connectivity index (χ0n) is 9.39. The molecule has 3 nitrogen and oxygen atoms in total. The molecule has 1 heterocycles. The third-order valence-corrected chi connectivity index (χ3v) is 2.82. The number of rotatable bonds is 3. The lowest BCUT2D eigenvalue weighted by molar-refractivity contribution is 0.475. The van der Waals surface area contributed by atoms with Gasteiger partial charge in [0.15, 0.2) is 0 Å². The molecule has 0 saturated carbocycles. The molecule has 0 saturated heterocycles. The molecule has 0 radical (unpaired) electrons. The third kappa shape index (κ3) is 2.88. The molecular weight excluding hydrogens is 236 g/mol. The number of nitrogens with one attached hydrogen (secondary N) is 1. The van der Waals surface area contributed by atoms with Gasteiger partial charge in [0.2, 0.25) is 0 Å². The molecule has 4 heteroatoms. The van der Waals surface area contributed by atoms with Gasteiger partial charge in [-0.25, -0.2) is 0 Å². The number of aromatic nitrogens is 1. The van der Waals surface area contributed by atoms with Crippen molar-refractivity contribution in [3.8, 4) is 5.75 Å². The quantitative estimate of drug-likeness (QED) is 0.816. The average molecular weight is 249 g/mol. The van der Waals surface area contributed by atoms with Gasteiger partial charge >= 0.3 is 0 Å². The molecule has 0 aliphatic carbocycles. The first-order chi connectivity index (χ1) is 8.16. The molecule has 1 atom stereocenters. The van der Waals surface area contributed by atoms with E-state index in [2.05, 4.69) is 10.3 Å². The molecule has 0 amide bonds. The van der Waals surface area contributed by atoms with Crippen molar-refractivity contribution in [3.05, 3.63) is 53.3 Å². The van der Waals surface area contributed by atoms with E-state index in [-0.39, 0.29) is 11.8 Å². The summed E-state index contributed by atoms with van der Waals surface area (Å²) in [5.74, 6) is 0.0891. The predicted molar refractivity (Wildman–Crippen MR) is 69.4 cm³/mol. The van der Waals surface area contributed by atoms with Crippen molar-refractivity contribution in [2.75, 3.05) is 5.32 Å². The molecular formula is C13H13ClN2O. The van der Waals surface area contributed by atoms with E-state index in [4.69, 9.17) is 11.6 Å². The van der Waals surface area contributed by atoms with Crippen LogP contribution in [0.4, 0.5) is 5.69 Å². The third-order valence-electron chi connectivity index (χ3n) is 2.52. The topological polar surface area (TPSA) is 45.1 Å². The first-order valence-corrected chi connectivity index (χ1v) is 5.69. The summed E-state index contributed by atoms with van der Waals surface area (Å²) < 4.78 is 0. The summed E-state index contributed by atoms with van der Waals surface area (Å²) in [5, 5.41) is 13.0. The largest absolute Gasteiger partial charge is 0.506 e. The lowest BCUT2D eigenvalue weighted by Gasteiger charge is -2.15. The number of phenolic OH excluding ortho intramolecular Hbond substituents is 1. The predicted octanol–water partition coefficient (Wildman–Crippen LogP) is 3.61. The minimum atomic E-state index is 0.0891. The van der Waals surface area contributed by atoms with Gasteiger partial charge in [0.05, 0.1) is 11.1 Å². The molecule has 0 fully saturated rings. The maximum Gasteiger partial charge on any atom is 0.134 e. The summed E-state index contributed by atoms with van der Waals surface area (Å²) in [4.78, 5) is 4.07. The van der Waals surface area contributed by atoms with Gasteiger partial charge in [-0.2, -0.15) is 0 Å². The summed E-state index contributed by atoms with van der Waals surface area (Å²) in [7, 11) is 0. The summed E-state index contributed by atoms with van der Waals surface area (Å²) in [5.41, 5.74) is 1.96. The molecule has 1 unspecified atom stereocenters. The highest BCUT2D eigenvalue weighted by Gasteiger charge is 2.06. The van der Waals surface area contributed by atoms with Gasteiger partial charge in [-0.15, -0.1) is 0 Å². The van der Waals surface area contributed by atoms with Gasteiger partial charge in [0, 0.05) is 18.1 Å². The van der Waals surface area contributed by atoms with Crippen LogP contribution in [0.25, 0.3) is 0 Å². The van der Waals surface area contributed by atoms with Crippen LogP contribution < -0.4 is 5.32 Å². The number of aromatic hydroxyl groups is 1. The Balaban J connectivity index is 2.13. The molecule has 0 bridgehead atoms. The van der Waals surface area contributed by atoms with Crippen LogP contribution >= 0.6 is 11.6 Å². The van der Waals surface area contributed by atoms with Gasteiger partial charge in [-0.05, 0) is 36.8 Å². The van der Waals surface area contributed by atoms with E-state index in [1.807, 2.05) is 25.3 Å². The second-order valence-electron chi connectivity index (χ2n) is 3.82. The van der Waals surface area contributed by atoms with E-state index in [1.54, 1.807) is 24.4 Å². The van der Waals surface area contributed by atoms with Crippen LogP contribution in [0.2, 0.25) is 5.02 Å². The zero-order valence-corrected chi connectivity index (χ0v) is 10.1. The minimum absolute atomic E-state index is 0.0891. The normalized spacial score (nSPS) is 12.1. The Labute approximate surface area is 105 Å². The Hall–Kier alpha value is -1.74. The number of hydrogen-bond acceptors (Lipinski definition) is 3. The Morgan fingerprint density at radius 2 is 2.18 bits per heavy atom. The van der Waals surface area contributed by atoms with Crippen molar-refractivity contribution in [2.45, 2.75) is 13.0 Å². The fraction of sp³-hybridized carbons (Fsp3) is 0.154. The van der Waals surface area contributed by atoms with Crippen molar-refractivity contribution in [3.63, 3.8) is 0 Å². The van der Waals surface area contributed by atoms with Crippen molar-refractivity contribution < 1.29 is 5.11 Å². The fourth-order valence-electron chi connectivity index (χ4n) is 1.56. The van der Waals surface area contributed by atoms with Gasteiger partial charge in [0.25, 0.3) is 0 Å². The lowest BCUT2D eigenvalue weighted by Crippen LogP contribution is -2.06. The maximum absolute atomic E-state index is 9.33. The first-order valence-electron chi connectivity index (χ1n) is 5.32. The maximum atomic E-state index is 9.33. The first kappa shape index (κ1) is 11.7. The monoisotopic (exact) mass is 248 g/mol. The lowest BCUT2D eigenvalue weighted by atomic mass is 10.1. The van der Waals surface area contributed by atoms with E-state index in [9.17, 15) is 5.11 Å². The Kier molecular flexibility index (Phi) is 3.49. The highest BCUT2D eigenvalue weighted by molar-refractivity contribution is 6.32. The van der Waals surface area contributed by atoms with Gasteiger partial charge in [-0.3, -0.25) is 4.98 Å². The standard InChI is InChI=1S/C13H13ClN2O/c1-9(10-3-2-6-15-8-10)16-11-4-5-13(17)12(14)7-11/h2-9,16-17H,1H3. The molecule has 2 rings (SSSR count). The molecule has 1 aromatic carbocycles. The number of phenols is 1. The van der Waals surface area contributed by atoms with Crippen LogP contribution in [-0.4, -0.2) is 10.1 Å². The van der Waals surface area contributed by atoms with Crippen LogP contribution in [-0.2, 0) is 0 Å². The van der Waals surface area contributed by atoms with E-state index < -0.39 is 0 Å². The molecule has 0 aliphatic heterocycles. The second-order valence-corrected chi connectivity index (χ2v) is 4.23. The Morgan fingerprint density at radius 3 is 2.82 bits per heavy atom. The number of pyridine rings is 1. The Morgan fingerprint density at radius 1 is 1.35 bits per heavy atom. The van der Waals surface area contributed by atoms with Crippen molar-refractivity contribution in [1.29, 1.82) is 0 Å². The summed E-state index contributed by atoms with van der Waals surface area (Å²) >= 11 is 5.84. The van der Waals surface area contributed by atoms with Crippen LogP contribution in [0.3, 0.4) is 0 Å². The molecule has 88 valence electrons. The average Bonchev–Trinajstić information content (AvgIpc) is 2.35. The zero-order chi connectivity index (χ0) is 12.3. The van der Waals surface area contributed by atoms with Crippen LogP contribution in [0, 0.1) is 0 Å². The SMILES string of the molecule is CC(Nc1ccc(O)c(Cl)c1)c1cccnc1. The Bertz CT molecular complexity index is 502. The van der Waals surface area contributed by atoms with Crippen LogP contribution in [0.15, 0.2) is 42.7 Å². The smallest absolute Gasteiger partial charge is 0.134 e.